The number of halogens is 1. The number of carbonyl (C=O) groups excluding carboxylic acids is 2. The fourth-order valence-electron chi connectivity index (χ4n) is 6.11. The molecule has 3 aromatic carbocycles. The summed E-state index contributed by atoms with van der Waals surface area (Å²) in [6.45, 7) is 6.98. The monoisotopic (exact) mass is 615 g/mol. The molecule has 4 aromatic rings. The van der Waals surface area contributed by atoms with Crippen molar-refractivity contribution in [3.8, 4) is 17.2 Å². The standard InChI is InChI=1S/C33H34FN5O6/c34-25-19-23-30-32(29(25)36-28(40)5-7-37-9-13-43-14-10-37)45-27-18-22-4-2-1-3-21(22)17-26(27)39(30)20-24(31(23)41)33(42)35-6-8-38-11-15-44-16-12-38/h1-4,17-20H,5-16H2,(H,35,42)(H,36,40). The zero-order chi connectivity index (χ0) is 30.9. The molecule has 0 saturated carbocycles. The molecule has 1 aromatic heterocycles. The normalized spacial score (nSPS) is 16.7. The van der Waals surface area contributed by atoms with Gasteiger partial charge in [-0.05, 0) is 29.0 Å². The van der Waals surface area contributed by atoms with Gasteiger partial charge >= 0.3 is 0 Å². The molecule has 3 aliphatic rings. The van der Waals surface area contributed by atoms with Gasteiger partial charge in [0.15, 0.2) is 17.3 Å². The number of hydrogen-bond donors (Lipinski definition) is 2. The highest BCUT2D eigenvalue weighted by Gasteiger charge is 2.30. The van der Waals surface area contributed by atoms with Gasteiger partial charge in [-0.3, -0.25) is 24.2 Å². The summed E-state index contributed by atoms with van der Waals surface area (Å²) >= 11 is 0. The molecule has 0 aliphatic carbocycles. The van der Waals surface area contributed by atoms with Crippen LogP contribution in [-0.2, 0) is 14.3 Å². The van der Waals surface area contributed by atoms with Crippen molar-refractivity contribution in [1.82, 2.24) is 19.7 Å². The molecule has 0 radical (unpaired) electrons. The Morgan fingerprint density at radius 2 is 1.56 bits per heavy atom. The summed E-state index contributed by atoms with van der Waals surface area (Å²) in [5, 5.41) is 7.35. The molecule has 2 fully saturated rings. The molecule has 0 spiro atoms. The molecule has 2 saturated heterocycles. The number of hydrogen-bond acceptors (Lipinski definition) is 8. The van der Waals surface area contributed by atoms with Crippen molar-refractivity contribution in [2.45, 2.75) is 6.42 Å². The summed E-state index contributed by atoms with van der Waals surface area (Å²) < 4.78 is 34.6. The second-order valence-corrected chi connectivity index (χ2v) is 11.4. The third-order valence-electron chi connectivity index (χ3n) is 8.58. The van der Waals surface area contributed by atoms with Gasteiger partial charge in [0.1, 0.15) is 16.8 Å². The number of nitrogens with zero attached hydrogens (tertiary/aromatic N) is 3. The van der Waals surface area contributed by atoms with Crippen LogP contribution in [-0.4, -0.2) is 98.4 Å². The van der Waals surface area contributed by atoms with E-state index in [9.17, 15) is 14.4 Å². The number of aromatic nitrogens is 1. The number of nitrogens with one attached hydrogen (secondary N) is 2. The zero-order valence-electron chi connectivity index (χ0n) is 24.8. The lowest BCUT2D eigenvalue weighted by molar-refractivity contribution is -0.116. The lowest BCUT2D eigenvalue weighted by Crippen LogP contribution is -2.42. The van der Waals surface area contributed by atoms with Crippen LogP contribution in [0.25, 0.3) is 27.4 Å². The maximum atomic E-state index is 15.8. The predicted molar refractivity (Wildman–Crippen MR) is 167 cm³/mol. The molecule has 0 atom stereocenters. The predicted octanol–water partition coefficient (Wildman–Crippen LogP) is 3.11. The van der Waals surface area contributed by atoms with Gasteiger partial charge in [-0.2, -0.15) is 0 Å². The Morgan fingerprint density at radius 3 is 2.27 bits per heavy atom. The SMILES string of the molecule is O=C(CCN1CCOCC1)Nc1c(F)cc2c(=O)c(C(=O)NCCN3CCOCC3)cn3c2c1Oc1cc2ccccc2cc1-3. The van der Waals surface area contributed by atoms with Crippen molar-refractivity contribution in [2.75, 3.05) is 77.6 Å². The van der Waals surface area contributed by atoms with Gasteiger partial charge < -0.3 is 29.4 Å². The van der Waals surface area contributed by atoms with Crippen molar-refractivity contribution in [1.29, 1.82) is 0 Å². The lowest BCUT2D eigenvalue weighted by Gasteiger charge is -2.27. The first kappa shape index (κ1) is 29.4. The Kier molecular flexibility index (Phi) is 8.19. The first-order valence-corrected chi connectivity index (χ1v) is 15.3. The van der Waals surface area contributed by atoms with Gasteiger partial charge in [-0.1, -0.05) is 24.3 Å². The van der Waals surface area contributed by atoms with Crippen LogP contribution >= 0.6 is 0 Å². The average Bonchev–Trinajstić information content (AvgIpc) is 3.06. The number of amides is 2. The van der Waals surface area contributed by atoms with E-state index in [1.54, 1.807) is 4.57 Å². The average molecular weight is 616 g/mol. The number of rotatable bonds is 8. The molecular formula is C33H34FN5O6. The summed E-state index contributed by atoms with van der Waals surface area (Å²) in [7, 11) is 0. The van der Waals surface area contributed by atoms with E-state index < -0.39 is 17.2 Å². The van der Waals surface area contributed by atoms with E-state index in [-0.39, 0.29) is 40.2 Å². The Balaban J connectivity index is 1.26. The van der Waals surface area contributed by atoms with Crippen LogP contribution < -0.4 is 20.8 Å². The number of carbonyl (C=O) groups is 2. The van der Waals surface area contributed by atoms with E-state index in [1.165, 1.54) is 6.20 Å². The number of anilines is 1. The van der Waals surface area contributed by atoms with Gasteiger partial charge in [0, 0.05) is 58.4 Å². The van der Waals surface area contributed by atoms with Gasteiger partial charge in [0.25, 0.3) is 5.91 Å². The van der Waals surface area contributed by atoms with Gasteiger partial charge in [-0.15, -0.1) is 0 Å². The molecule has 3 aliphatic heterocycles. The minimum absolute atomic E-state index is 0.0175. The maximum absolute atomic E-state index is 15.8. The molecule has 7 rings (SSSR count). The summed E-state index contributed by atoms with van der Waals surface area (Å²) in [5.41, 5.74) is -0.0205. The highest BCUT2D eigenvalue weighted by molar-refractivity contribution is 6.04. The van der Waals surface area contributed by atoms with E-state index in [2.05, 4.69) is 20.4 Å². The summed E-state index contributed by atoms with van der Waals surface area (Å²) in [4.78, 5) is 44.5. The van der Waals surface area contributed by atoms with Crippen LogP contribution in [0, 0.1) is 5.82 Å². The number of morpholine rings is 2. The minimum atomic E-state index is -0.824. The zero-order valence-corrected chi connectivity index (χ0v) is 24.8. The van der Waals surface area contributed by atoms with Crippen LogP contribution in [0.15, 0.2) is 53.5 Å². The minimum Gasteiger partial charge on any atom is -0.451 e. The number of benzene rings is 3. The molecule has 45 heavy (non-hydrogen) atoms. The first-order valence-electron chi connectivity index (χ1n) is 15.3. The first-order chi connectivity index (χ1) is 22.0. The third-order valence-corrected chi connectivity index (χ3v) is 8.58. The number of fused-ring (bicyclic) bond motifs is 3. The van der Waals surface area contributed by atoms with Crippen molar-refractivity contribution < 1.29 is 28.2 Å². The van der Waals surface area contributed by atoms with Gasteiger partial charge in [0.2, 0.25) is 11.3 Å². The fraction of sp³-hybridized carbons (Fsp3) is 0.364. The van der Waals surface area contributed by atoms with Crippen LogP contribution in [0.5, 0.6) is 11.5 Å². The summed E-state index contributed by atoms with van der Waals surface area (Å²) in [5.74, 6) is -1.33. The van der Waals surface area contributed by atoms with Crippen molar-refractivity contribution in [2.24, 2.45) is 0 Å². The topological polar surface area (TPSA) is 114 Å². The Hall–Kier alpha value is -4.36. The summed E-state index contributed by atoms with van der Waals surface area (Å²) in [6, 6.07) is 12.5. The molecule has 2 amide bonds. The fourth-order valence-corrected chi connectivity index (χ4v) is 6.11. The van der Waals surface area contributed by atoms with Crippen molar-refractivity contribution >= 4 is 39.2 Å². The molecule has 0 bridgehead atoms. The quantitative estimate of drug-likeness (QED) is 0.274. The lowest BCUT2D eigenvalue weighted by atomic mass is 10.0. The Labute approximate surface area is 258 Å². The highest BCUT2D eigenvalue weighted by atomic mass is 19.1. The van der Waals surface area contributed by atoms with E-state index in [1.807, 2.05) is 36.4 Å². The van der Waals surface area contributed by atoms with Crippen LogP contribution in [0.2, 0.25) is 0 Å². The van der Waals surface area contributed by atoms with Crippen LogP contribution in [0.1, 0.15) is 16.8 Å². The van der Waals surface area contributed by atoms with Gasteiger partial charge in [0.05, 0.1) is 37.5 Å². The second kappa shape index (κ2) is 12.6. The second-order valence-electron chi connectivity index (χ2n) is 11.4. The van der Waals surface area contributed by atoms with E-state index >= 15 is 4.39 Å². The van der Waals surface area contributed by atoms with E-state index in [0.717, 1.165) is 43.0 Å². The molecule has 11 nitrogen and oxygen atoms in total. The largest absolute Gasteiger partial charge is 0.451 e. The number of ether oxygens (including phenoxy) is 3. The molecule has 4 heterocycles. The molecular weight excluding hydrogens is 581 g/mol. The van der Waals surface area contributed by atoms with Gasteiger partial charge in [-0.25, -0.2) is 4.39 Å². The smallest absolute Gasteiger partial charge is 0.256 e. The van der Waals surface area contributed by atoms with E-state index in [0.29, 0.717) is 57.5 Å². The molecule has 2 N–H and O–H groups in total. The third kappa shape index (κ3) is 5.89. The maximum Gasteiger partial charge on any atom is 0.256 e. The van der Waals surface area contributed by atoms with Crippen molar-refractivity contribution in [3.63, 3.8) is 0 Å². The van der Waals surface area contributed by atoms with E-state index in [4.69, 9.17) is 14.2 Å². The summed E-state index contributed by atoms with van der Waals surface area (Å²) in [6.07, 6.45) is 1.63. The van der Waals surface area contributed by atoms with Crippen LogP contribution in [0.3, 0.4) is 0 Å². The highest BCUT2D eigenvalue weighted by Crippen LogP contribution is 2.46. The molecule has 0 unspecified atom stereocenters. The molecule has 12 heteroatoms. The van der Waals surface area contributed by atoms with Crippen molar-refractivity contribution in [3.05, 3.63) is 70.3 Å². The number of pyridine rings is 1. The van der Waals surface area contributed by atoms with Crippen LogP contribution in [0.4, 0.5) is 10.1 Å². The Morgan fingerprint density at radius 1 is 0.889 bits per heavy atom. The molecule has 234 valence electrons. The Bertz CT molecular complexity index is 1850.